The van der Waals surface area contributed by atoms with E-state index in [1.807, 2.05) is 31.0 Å². The van der Waals surface area contributed by atoms with Gasteiger partial charge in [0.25, 0.3) is 11.8 Å². The van der Waals surface area contributed by atoms with Crippen LogP contribution in [0.2, 0.25) is 0 Å². The van der Waals surface area contributed by atoms with Gasteiger partial charge in [-0.3, -0.25) is 24.4 Å². The number of hydrogen-bond donors (Lipinski definition) is 1. The zero-order chi connectivity index (χ0) is 18.0. The zero-order valence-electron chi connectivity index (χ0n) is 14.3. The lowest BCUT2D eigenvalue weighted by Crippen LogP contribution is -2.42. The number of hydrogen-bond acceptors (Lipinski definition) is 5. The Balaban J connectivity index is 1.62. The molecule has 6 nitrogen and oxygen atoms in total. The number of rotatable bonds is 6. The Morgan fingerprint density at radius 2 is 1.76 bits per heavy atom. The molecular weight excluding hydrogens is 318 g/mol. The Bertz CT molecular complexity index is 743. The van der Waals surface area contributed by atoms with Gasteiger partial charge in [0, 0.05) is 25.0 Å². The van der Waals surface area contributed by atoms with Gasteiger partial charge in [0.1, 0.15) is 0 Å². The number of amides is 2. The lowest BCUT2D eigenvalue weighted by molar-refractivity contribution is 0.0466. The average molecular weight is 339 g/mol. The first-order valence-corrected chi connectivity index (χ1v) is 8.22. The minimum absolute atomic E-state index is 0.0174. The number of aliphatic hydroxyl groups excluding tert-OH is 1. The number of likely N-dealkylation sites (N-methyl/N-ethyl adjacent to an activating group) is 1. The normalized spacial score (nSPS) is 16.2. The van der Waals surface area contributed by atoms with Crippen LogP contribution in [0.1, 0.15) is 39.2 Å². The summed E-state index contributed by atoms with van der Waals surface area (Å²) in [5, 5.41) is 10.4. The second kappa shape index (κ2) is 7.13. The summed E-state index contributed by atoms with van der Waals surface area (Å²) < 4.78 is 0. The third kappa shape index (κ3) is 3.45. The summed E-state index contributed by atoms with van der Waals surface area (Å²) in [7, 11) is 1.89. The molecule has 1 aliphatic rings. The van der Waals surface area contributed by atoms with E-state index in [0.717, 1.165) is 10.5 Å². The van der Waals surface area contributed by atoms with Gasteiger partial charge >= 0.3 is 0 Å². The Labute approximate surface area is 146 Å². The molecule has 0 fully saturated rings. The predicted octanol–water partition coefficient (Wildman–Crippen LogP) is 1.73. The van der Waals surface area contributed by atoms with Crippen molar-refractivity contribution in [1.82, 2.24) is 14.8 Å². The van der Waals surface area contributed by atoms with E-state index in [4.69, 9.17) is 0 Å². The maximum Gasteiger partial charge on any atom is 0.261 e. The minimum atomic E-state index is -0.827. The number of imide groups is 1. The van der Waals surface area contributed by atoms with Crippen LogP contribution in [0.15, 0.2) is 48.8 Å². The Kier molecular flexibility index (Phi) is 4.92. The Hall–Kier alpha value is -2.57. The molecule has 3 rings (SSSR count). The van der Waals surface area contributed by atoms with Gasteiger partial charge in [-0.05, 0) is 37.7 Å². The molecule has 130 valence electrons. The largest absolute Gasteiger partial charge is 0.390 e. The molecular formula is C19H21N3O3. The highest BCUT2D eigenvalue weighted by Crippen LogP contribution is 2.23. The maximum atomic E-state index is 12.4. The topological polar surface area (TPSA) is 73.7 Å². The number of benzene rings is 1. The van der Waals surface area contributed by atoms with E-state index in [-0.39, 0.29) is 24.4 Å². The first kappa shape index (κ1) is 17.3. The van der Waals surface area contributed by atoms with Crippen molar-refractivity contribution in [3.63, 3.8) is 0 Å². The molecule has 2 atom stereocenters. The monoisotopic (exact) mass is 339 g/mol. The van der Waals surface area contributed by atoms with E-state index in [2.05, 4.69) is 4.98 Å². The summed E-state index contributed by atoms with van der Waals surface area (Å²) in [6.07, 6.45) is 2.68. The molecule has 1 aliphatic heterocycles. The van der Waals surface area contributed by atoms with Crippen molar-refractivity contribution in [3.8, 4) is 0 Å². The highest BCUT2D eigenvalue weighted by atomic mass is 16.3. The molecule has 0 radical (unpaired) electrons. The smallest absolute Gasteiger partial charge is 0.261 e. The van der Waals surface area contributed by atoms with Gasteiger partial charge in [-0.1, -0.05) is 18.2 Å². The van der Waals surface area contributed by atoms with Gasteiger partial charge in [-0.25, -0.2) is 0 Å². The number of nitrogens with zero attached hydrogens (tertiary/aromatic N) is 3. The fraction of sp³-hybridized carbons (Fsp3) is 0.316. The molecule has 1 N–H and O–H groups in total. The van der Waals surface area contributed by atoms with Crippen molar-refractivity contribution >= 4 is 11.8 Å². The maximum absolute atomic E-state index is 12.4. The molecule has 0 bridgehead atoms. The van der Waals surface area contributed by atoms with Crippen LogP contribution < -0.4 is 0 Å². The van der Waals surface area contributed by atoms with E-state index in [9.17, 15) is 14.7 Å². The minimum Gasteiger partial charge on any atom is -0.390 e. The lowest BCUT2D eigenvalue weighted by atomic mass is 10.1. The van der Waals surface area contributed by atoms with Crippen LogP contribution >= 0.6 is 0 Å². The first-order valence-electron chi connectivity index (χ1n) is 8.22. The molecule has 6 heteroatoms. The highest BCUT2D eigenvalue weighted by Gasteiger charge is 2.36. The molecule has 0 saturated heterocycles. The number of aromatic nitrogens is 1. The summed E-state index contributed by atoms with van der Waals surface area (Å²) in [6, 6.07) is 10.6. The number of aliphatic hydroxyl groups is 1. The van der Waals surface area contributed by atoms with Gasteiger partial charge in [-0.2, -0.15) is 0 Å². The number of carbonyl (C=O) groups excluding carboxylic acids is 2. The van der Waals surface area contributed by atoms with Crippen LogP contribution in [0.5, 0.6) is 0 Å². The summed E-state index contributed by atoms with van der Waals surface area (Å²) in [4.78, 5) is 31.9. The van der Waals surface area contributed by atoms with E-state index >= 15 is 0 Å². The fourth-order valence-corrected chi connectivity index (χ4v) is 3.04. The number of fused-ring (bicyclic) bond motifs is 1. The van der Waals surface area contributed by atoms with Gasteiger partial charge in [-0.15, -0.1) is 0 Å². The van der Waals surface area contributed by atoms with Gasteiger partial charge in [0.2, 0.25) is 0 Å². The molecule has 25 heavy (non-hydrogen) atoms. The fourth-order valence-electron chi connectivity index (χ4n) is 3.04. The van der Waals surface area contributed by atoms with Crippen LogP contribution in [0.3, 0.4) is 0 Å². The third-order valence-corrected chi connectivity index (χ3v) is 4.60. The van der Waals surface area contributed by atoms with Crippen molar-refractivity contribution in [2.75, 3.05) is 20.1 Å². The van der Waals surface area contributed by atoms with Gasteiger partial charge < -0.3 is 5.11 Å². The van der Waals surface area contributed by atoms with Crippen LogP contribution in [-0.4, -0.2) is 57.9 Å². The van der Waals surface area contributed by atoms with Crippen LogP contribution in [0, 0.1) is 0 Å². The SMILES string of the molecule is C[C@@H](c1cccnc1)N(C)C[C@@H](O)CN1C(=O)c2ccccc2C1=O. The predicted molar refractivity (Wildman–Crippen MR) is 93.1 cm³/mol. The van der Waals surface area contributed by atoms with Crippen molar-refractivity contribution < 1.29 is 14.7 Å². The quantitative estimate of drug-likeness (QED) is 0.812. The molecule has 0 saturated carbocycles. The Morgan fingerprint density at radius 1 is 1.12 bits per heavy atom. The van der Waals surface area contributed by atoms with E-state index in [1.165, 1.54) is 0 Å². The second-order valence-corrected chi connectivity index (χ2v) is 6.32. The molecule has 2 amide bonds. The van der Waals surface area contributed by atoms with Crippen molar-refractivity contribution in [3.05, 3.63) is 65.5 Å². The summed E-state index contributed by atoms with van der Waals surface area (Å²) in [5.41, 5.74) is 1.84. The van der Waals surface area contributed by atoms with Gasteiger partial charge in [0.05, 0.1) is 23.8 Å². The summed E-state index contributed by atoms with van der Waals surface area (Å²) >= 11 is 0. The highest BCUT2D eigenvalue weighted by molar-refractivity contribution is 6.21. The standard InChI is InChI=1S/C19H21N3O3/c1-13(14-6-5-9-20-10-14)21(2)11-15(23)12-22-18(24)16-7-3-4-8-17(16)19(22)25/h3-10,13,15,23H,11-12H2,1-2H3/t13-,15+/m0/s1. The molecule has 0 unspecified atom stereocenters. The van der Waals surface area contributed by atoms with E-state index in [1.54, 1.807) is 36.7 Å². The Morgan fingerprint density at radius 3 is 2.32 bits per heavy atom. The molecule has 1 aromatic heterocycles. The second-order valence-electron chi connectivity index (χ2n) is 6.32. The average Bonchev–Trinajstić information content (AvgIpc) is 2.87. The molecule has 1 aromatic carbocycles. The van der Waals surface area contributed by atoms with Crippen molar-refractivity contribution in [1.29, 1.82) is 0 Å². The van der Waals surface area contributed by atoms with Crippen LogP contribution in [-0.2, 0) is 0 Å². The van der Waals surface area contributed by atoms with E-state index < -0.39 is 6.10 Å². The lowest BCUT2D eigenvalue weighted by Gasteiger charge is -2.28. The summed E-state index contributed by atoms with van der Waals surface area (Å²) in [5.74, 6) is -0.690. The molecule has 2 aromatic rings. The molecule has 0 aliphatic carbocycles. The first-order chi connectivity index (χ1) is 12.0. The van der Waals surface area contributed by atoms with Crippen LogP contribution in [0.4, 0.5) is 0 Å². The number of β-amino-alcohol motifs (C(OH)–C–C–N with tert-alkyl or cyclic N) is 1. The van der Waals surface area contributed by atoms with Crippen LogP contribution in [0.25, 0.3) is 0 Å². The number of pyridine rings is 1. The van der Waals surface area contributed by atoms with Crippen molar-refractivity contribution in [2.45, 2.75) is 19.1 Å². The van der Waals surface area contributed by atoms with Crippen molar-refractivity contribution in [2.24, 2.45) is 0 Å². The zero-order valence-corrected chi connectivity index (χ0v) is 14.3. The third-order valence-electron chi connectivity index (χ3n) is 4.60. The summed E-state index contributed by atoms with van der Waals surface area (Å²) in [6.45, 7) is 2.34. The number of carbonyl (C=O) groups is 2. The molecule has 2 heterocycles. The van der Waals surface area contributed by atoms with E-state index in [0.29, 0.717) is 17.7 Å². The van der Waals surface area contributed by atoms with Gasteiger partial charge in [0.15, 0.2) is 0 Å². The molecule has 0 spiro atoms.